The Hall–Kier alpha value is -2.04. The lowest BCUT2D eigenvalue weighted by atomic mass is 10.2. The fourth-order valence-corrected chi connectivity index (χ4v) is 2.08. The molecule has 5 heteroatoms. The largest absolute Gasteiger partial charge is 0.482 e. The molecular formula is C16H16ClNO3. The van der Waals surface area contributed by atoms with Crippen LogP contribution in [-0.2, 0) is 11.4 Å². The molecule has 0 saturated heterocycles. The Morgan fingerprint density at radius 3 is 2.76 bits per heavy atom. The van der Waals surface area contributed by atoms with Gasteiger partial charge in [-0.2, -0.15) is 0 Å². The Kier molecular flexibility index (Phi) is 5.20. The number of amides is 1. The summed E-state index contributed by atoms with van der Waals surface area (Å²) in [6.45, 7) is 1.73. The molecule has 4 nitrogen and oxygen atoms in total. The molecule has 0 aromatic heterocycles. The molecule has 0 unspecified atom stereocenters. The molecule has 0 atom stereocenters. The quantitative estimate of drug-likeness (QED) is 0.892. The molecular weight excluding hydrogens is 290 g/mol. The maximum Gasteiger partial charge on any atom is 0.262 e. The Morgan fingerprint density at radius 2 is 2.10 bits per heavy atom. The normalized spacial score (nSPS) is 10.2. The average Bonchev–Trinajstić information content (AvgIpc) is 2.46. The molecule has 0 radical (unpaired) electrons. The summed E-state index contributed by atoms with van der Waals surface area (Å²) in [5.41, 5.74) is 2.48. The van der Waals surface area contributed by atoms with Crippen LogP contribution in [-0.4, -0.2) is 17.6 Å². The molecule has 2 aromatic carbocycles. The lowest BCUT2D eigenvalue weighted by molar-refractivity contribution is -0.118. The zero-order valence-electron chi connectivity index (χ0n) is 11.6. The first kappa shape index (κ1) is 15.4. The van der Waals surface area contributed by atoms with E-state index in [1.54, 1.807) is 18.2 Å². The number of carbonyl (C=O) groups is 1. The monoisotopic (exact) mass is 305 g/mol. The van der Waals surface area contributed by atoms with Gasteiger partial charge in [0.05, 0.1) is 11.6 Å². The third-order valence-corrected chi connectivity index (χ3v) is 3.13. The third-order valence-electron chi connectivity index (χ3n) is 2.84. The number of ether oxygens (including phenoxy) is 1. The number of aliphatic hydroxyl groups is 1. The van der Waals surface area contributed by atoms with Crippen LogP contribution in [0.15, 0.2) is 42.5 Å². The third kappa shape index (κ3) is 4.48. The average molecular weight is 306 g/mol. The molecule has 2 N–H and O–H groups in total. The molecule has 0 fully saturated rings. The molecule has 1 amide bonds. The van der Waals surface area contributed by atoms with Gasteiger partial charge in [0, 0.05) is 5.69 Å². The van der Waals surface area contributed by atoms with E-state index in [0.29, 0.717) is 16.3 Å². The fourth-order valence-electron chi connectivity index (χ4n) is 1.82. The van der Waals surface area contributed by atoms with E-state index in [0.717, 1.165) is 11.3 Å². The Labute approximate surface area is 128 Å². The highest BCUT2D eigenvalue weighted by molar-refractivity contribution is 6.32. The summed E-state index contributed by atoms with van der Waals surface area (Å²) >= 11 is 6.00. The van der Waals surface area contributed by atoms with Gasteiger partial charge in [-0.1, -0.05) is 29.8 Å². The van der Waals surface area contributed by atoms with Crippen molar-refractivity contribution in [1.29, 1.82) is 0 Å². The number of rotatable bonds is 5. The van der Waals surface area contributed by atoms with Crippen molar-refractivity contribution in [2.75, 3.05) is 11.9 Å². The SMILES string of the molecule is Cc1cccc(NC(=O)COc2ccc(CO)cc2Cl)c1. The molecule has 0 spiro atoms. The number of hydrogen-bond donors (Lipinski definition) is 2. The van der Waals surface area contributed by atoms with Gasteiger partial charge in [-0.05, 0) is 42.3 Å². The van der Waals surface area contributed by atoms with E-state index in [2.05, 4.69) is 5.32 Å². The second-order valence-corrected chi connectivity index (χ2v) is 5.04. The van der Waals surface area contributed by atoms with Crippen molar-refractivity contribution in [3.05, 3.63) is 58.6 Å². The zero-order chi connectivity index (χ0) is 15.2. The van der Waals surface area contributed by atoms with Crippen molar-refractivity contribution in [3.63, 3.8) is 0 Å². The van der Waals surface area contributed by atoms with Crippen LogP contribution in [0.2, 0.25) is 5.02 Å². The standard InChI is InChI=1S/C16H16ClNO3/c1-11-3-2-4-13(7-11)18-16(20)10-21-15-6-5-12(9-19)8-14(15)17/h2-8,19H,9-10H2,1H3,(H,18,20). The number of nitrogens with one attached hydrogen (secondary N) is 1. The van der Waals surface area contributed by atoms with Crippen molar-refractivity contribution < 1.29 is 14.6 Å². The number of anilines is 1. The van der Waals surface area contributed by atoms with Crippen LogP contribution in [0, 0.1) is 6.92 Å². The summed E-state index contributed by atoms with van der Waals surface area (Å²) in [6.07, 6.45) is 0. The molecule has 21 heavy (non-hydrogen) atoms. The maximum absolute atomic E-state index is 11.8. The van der Waals surface area contributed by atoms with Gasteiger partial charge < -0.3 is 15.2 Å². The van der Waals surface area contributed by atoms with E-state index < -0.39 is 0 Å². The van der Waals surface area contributed by atoms with Crippen molar-refractivity contribution in [2.45, 2.75) is 13.5 Å². The number of benzene rings is 2. The van der Waals surface area contributed by atoms with Crippen LogP contribution in [0.25, 0.3) is 0 Å². The Morgan fingerprint density at radius 1 is 1.29 bits per heavy atom. The van der Waals surface area contributed by atoms with Crippen LogP contribution in [0.4, 0.5) is 5.69 Å². The first-order chi connectivity index (χ1) is 10.1. The first-order valence-corrected chi connectivity index (χ1v) is 6.85. The second-order valence-electron chi connectivity index (χ2n) is 4.63. The molecule has 2 rings (SSSR count). The van der Waals surface area contributed by atoms with Gasteiger partial charge in [0.1, 0.15) is 5.75 Å². The topological polar surface area (TPSA) is 58.6 Å². The molecule has 2 aromatic rings. The molecule has 0 aliphatic heterocycles. The predicted molar refractivity (Wildman–Crippen MR) is 82.7 cm³/mol. The van der Waals surface area contributed by atoms with Crippen LogP contribution in [0.5, 0.6) is 5.75 Å². The molecule has 0 aliphatic rings. The van der Waals surface area contributed by atoms with Gasteiger partial charge >= 0.3 is 0 Å². The fraction of sp³-hybridized carbons (Fsp3) is 0.188. The summed E-state index contributed by atoms with van der Waals surface area (Å²) in [5, 5.41) is 12.1. The Bertz CT molecular complexity index is 643. The highest BCUT2D eigenvalue weighted by Crippen LogP contribution is 2.25. The zero-order valence-corrected chi connectivity index (χ0v) is 12.4. The van der Waals surface area contributed by atoms with E-state index in [4.69, 9.17) is 21.4 Å². The summed E-state index contributed by atoms with van der Waals surface area (Å²) in [6, 6.07) is 12.4. The molecule has 110 valence electrons. The summed E-state index contributed by atoms with van der Waals surface area (Å²) in [7, 11) is 0. The summed E-state index contributed by atoms with van der Waals surface area (Å²) < 4.78 is 5.37. The number of halogens is 1. The lowest BCUT2D eigenvalue weighted by Crippen LogP contribution is -2.20. The van der Waals surface area contributed by atoms with Crippen LogP contribution in [0.1, 0.15) is 11.1 Å². The van der Waals surface area contributed by atoms with E-state index in [1.165, 1.54) is 0 Å². The number of aliphatic hydroxyl groups excluding tert-OH is 1. The van der Waals surface area contributed by atoms with Crippen molar-refractivity contribution in [3.8, 4) is 5.75 Å². The Balaban J connectivity index is 1.92. The van der Waals surface area contributed by atoms with Gasteiger partial charge in [-0.15, -0.1) is 0 Å². The summed E-state index contributed by atoms with van der Waals surface area (Å²) in [5.74, 6) is 0.149. The van der Waals surface area contributed by atoms with Gasteiger partial charge in [0.25, 0.3) is 5.91 Å². The molecule has 0 heterocycles. The van der Waals surface area contributed by atoms with Crippen molar-refractivity contribution in [1.82, 2.24) is 0 Å². The maximum atomic E-state index is 11.8. The highest BCUT2D eigenvalue weighted by Gasteiger charge is 2.07. The van der Waals surface area contributed by atoms with Crippen molar-refractivity contribution >= 4 is 23.2 Å². The minimum absolute atomic E-state index is 0.0894. The van der Waals surface area contributed by atoms with Crippen molar-refractivity contribution in [2.24, 2.45) is 0 Å². The van der Waals surface area contributed by atoms with Gasteiger partial charge in [-0.3, -0.25) is 4.79 Å². The number of carbonyl (C=O) groups excluding carboxylic acids is 1. The minimum Gasteiger partial charge on any atom is -0.482 e. The minimum atomic E-state index is -0.261. The van der Waals surface area contributed by atoms with Gasteiger partial charge in [-0.25, -0.2) is 0 Å². The molecule has 0 aliphatic carbocycles. The number of hydrogen-bond acceptors (Lipinski definition) is 3. The molecule has 0 bridgehead atoms. The summed E-state index contributed by atoms with van der Waals surface area (Å²) in [4.78, 5) is 11.8. The van der Waals surface area contributed by atoms with Crippen LogP contribution < -0.4 is 10.1 Å². The first-order valence-electron chi connectivity index (χ1n) is 6.47. The van der Waals surface area contributed by atoms with Crippen LogP contribution in [0.3, 0.4) is 0 Å². The van der Waals surface area contributed by atoms with Gasteiger partial charge in [0.2, 0.25) is 0 Å². The molecule has 0 saturated carbocycles. The predicted octanol–water partition coefficient (Wildman–Crippen LogP) is 3.16. The highest BCUT2D eigenvalue weighted by atomic mass is 35.5. The van der Waals surface area contributed by atoms with Crippen LogP contribution >= 0.6 is 11.6 Å². The van der Waals surface area contributed by atoms with E-state index >= 15 is 0 Å². The lowest BCUT2D eigenvalue weighted by Gasteiger charge is -2.10. The second kappa shape index (κ2) is 7.11. The smallest absolute Gasteiger partial charge is 0.262 e. The van der Waals surface area contributed by atoms with Gasteiger partial charge in [0.15, 0.2) is 6.61 Å². The van der Waals surface area contributed by atoms with E-state index in [9.17, 15) is 4.79 Å². The van der Waals surface area contributed by atoms with E-state index in [-0.39, 0.29) is 19.1 Å². The number of aryl methyl sites for hydroxylation is 1. The van der Waals surface area contributed by atoms with E-state index in [1.807, 2.05) is 31.2 Å².